The summed E-state index contributed by atoms with van der Waals surface area (Å²) < 4.78 is 0. The van der Waals surface area contributed by atoms with Crippen LogP contribution in [0.3, 0.4) is 0 Å². The van der Waals surface area contributed by atoms with E-state index in [0.29, 0.717) is 42.6 Å². The minimum atomic E-state index is -1.15. The monoisotopic (exact) mass is 630 g/mol. The van der Waals surface area contributed by atoms with Crippen LogP contribution in [0.15, 0.2) is 29.8 Å². The average Bonchev–Trinajstić information content (AvgIpc) is 3.43. The van der Waals surface area contributed by atoms with E-state index in [-0.39, 0.29) is 43.7 Å². The summed E-state index contributed by atoms with van der Waals surface area (Å²) in [6.07, 6.45) is 6.34. The van der Waals surface area contributed by atoms with E-state index in [1.54, 1.807) is 28.4 Å². The summed E-state index contributed by atoms with van der Waals surface area (Å²) in [5, 5.41) is 27.2. The molecule has 1 fully saturated rings. The highest BCUT2D eigenvalue weighted by molar-refractivity contribution is 7.13. The Balaban J connectivity index is 1.64. The number of nitrogen functional groups attached to an aromatic ring is 1. The number of aromatic nitrogens is 2. The first-order valence-corrected chi connectivity index (χ1v) is 16.7. The van der Waals surface area contributed by atoms with Crippen LogP contribution in [-0.2, 0) is 27.3 Å². The molecule has 0 radical (unpaired) electrons. The zero-order valence-corrected chi connectivity index (χ0v) is 27.2. The summed E-state index contributed by atoms with van der Waals surface area (Å²) >= 11 is 1.27. The van der Waals surface area contributed by atoms with Gasteiger partial charge >= 0.3 is 0 Å². The second kappa shape index (κ2) is 18.0. The molecule has 1 saturated carbocycles. The van der Waals surface area contributed by atoms with E-state index < -0.39 is 24.2 Å². The average molecular weight is 631 g/mol. The van der Waals surface area contributed by atoms with Gasteiger partial charge in [-0.25, -0.2) is 4.98 Å². The van der Waals surface area contributed by atoms with E-state index in [2.05, 4.69) is 15.3 Å². The van der Waals surface area contributed by atoms with Gasteiger partial charge in [-0.1, -0.05) is 52.0 Å². The maximum absolute atomic E-state index is 13.8. The summed E-state index contributed by atoms with van der Waals surface area (Å²) in [7, 11) is 1.68. The van der Waals surface area contributed by atoms with Crippen LogP contribution in [0.2, 0.25) is 0 Å². The largest absolute Gasteiger partial charge is 0.390 e. The molecule has 2 aromatic rings. The van der Waals surface area contributed by atoms with Crippen molar-refractivity contribution in [3.63, 3.8) is 0 Å². The molecule has 0 aliphatic heterocycles. The molecule has 0 aromatic carbocycles. The highest BCUT2D eigenvalue weighted by Crippen LogP contribution is 2.32. The van der Waals surface area contributed by atoms with E-state index in [4.69, 9.17) is 5.73 Å². The van der Waals surface area contributed by atoms with Gasteiger partial charge in [-0.15, -0.1) is 11.3 Å². The summed E-state index contributed by atoms with van der Waals surface area (Å²) in [6.45, 7) is 4.38. The standard InChI is InChI=1S/C32H50N6O5S/c1-22(2)17-27(39)31(43)26(18-23-9-5-4-6-10-23)38(20-25-21-44-32(33)36-25)29(41)13-12-28(40)35-19-30(42)37(3)16-14-24-11-7-8-15-34-24/h7-8,11,15,21-23,26-27,31,39,43H,4-6,9-10,12-14,16-20H2,1-3H3,(H2,33,36)(H,35,40)/t26-,27-,31+/m0/s1. The van der Waals surface area contributed by atoms with Crippen LogP contribution in [0, 0.1) is 11.8 Å². The lowest BCUT2D eigenvalue weighted by atomic mass is 9.81. The van der Waals surface area contributed by atoms with Gasteiger partial charge in [0.15, 0.2) is 5.13 Å². The van der Waals surface area contributed by atoms with Crippen LogP contribution in [-0.4, -0.2) is 86.1 Å². The lowest BCUT2D eigenvalue weighted by molar-refractivity contribution is -0.142. The first kappa shape index (κ1) is 35.4. The third-order valence-corrected chi connectivity index (χ3v) is 9.00. The number of hydrogen-bond donors (Lipinski definition) is 4. The molecular weight excluding hydrogens is 580 g/mol. The van der Waals surface area contributed by atoms with Crippen molar-refractivity contribution in [2.45, 2.75) is 103 Å². The van der Waals surface area contributed by atoms with Gasteiger partial charge in [-0.05, 0) is 36.8 Å². The van der Waals surface area contributed by atoms with Gasteiger partial charge in [0.1, 0.15) is 6.10 Å². The number of thiazole rings is 1. The quantitative estimate of drug-likeness (QED) is 0.207. The van der Waals surface area contributed by atoms with Crippen molar-refractivity contribution < 1.29 is 24.6 Å². The number of nitrogens with zero attached hydrogens (tertiary/aromatic N) is 4. The fraction of sp³-hybridized carbons (Fsp3) is 0.656. The van der Waals surface area contributed by atoms with Crippen LogP contribution in [0.1, 0.15) is 83.0 Å². The Morgan fingerprint density at radius 2 is 1.84 bits per heavy atom. The highest BCUT2D eigenvalue weighted by Gasteiger charge is 2.36. The van der Waals surface area contributed by atoms with Gasteiger partial charge in [0, 0.05) is 50.1 Å². The van der Waals surface area contributed by atoms with E-state index in [9.17, 15) is 24.6 Å². The Morgan fingerprint density at radius 1 is 1.09 bits per heavy atom. The lowest BCUT2D eigenvalue weighted by Crippen LogP contribution is -2.52. The van der Waals surface area contributed by atoms with E-state index in [1.165, 1.54) is 17.8 Å². The highest BCUT2D eigenvalue weighted by atomic mass is 32.1. The zero-order chi connectivity index (χ0) is 32.1. The smallest absolute Gasteiger partial charge is 0.241 e. The fourth-order valence-electron chi connectivity index (χ4n) is 5.77. The minimum absolute atomic E-state index is 0.108. The number of likely N-dealkylation sites (N-methyl/N-ethyl adjacent to an activating group) is 1. The lowest BCUT2D eigenvalue weighted by Gasteiger charge is -2.39. The third-order valence-electron chi connectivity index (χ3n) is 8.28. The number of aliphatic hydroxyl groups is 2. The molecule has 5 N–H and O–H groups in total. The van der Waals surface area contributed by atoms with Crippen molar-refractivity contribution in [3.8, 4) is 0 Å². The van der Waals surface area contributed by atoms with E-state index in [1.807, 2.05) is 32.0 Å². The second-order valence-electron chi connectivity index (χ2n) is 12.4. The molecule has 11 nitrogen and oxygen atoms in total. The normalized spacial score (nSPS) is 15.9. The zero-order valence-electron chi connectivity index (χ0n) is 26.4. The van der Waals surface area contributed by atoms with Crippen LogP contribution in [0.25, 0.3) is 0 Å². The number of rotatable bonds is 17. The van der Waals surface area contributed by atoms with Gasteiger partial charge in [0.05, 0.1) is 30.9 Å². The van der Waals surface area contributed by atoms with Crippen molar-refractivity contribution in [2.75, 3.05) is 25.9 Å². The molecular formula is C32H50N6O5S. The minimum Gasteiger partial charge on any atom is -0.390 e. The number of amides is 3. The summed E-state index contributed by atoms with van der Waals surface area (Å²) in [6, 6.07) is 4.99. The molecule has 3 amide bonds. The van der Waals surface area contributed by atoms with Crippen molar-refractivity contribution in [1.29, 1.82) is 0 Å². The fourth-order valence-corrected chi connectivity index (χ4v) is 6.32. The van der Waals surface area contributed by atoms with E-state index >= 15 is 0 Å². The molecule has 3 rings (SSSR count). The third kappa shape index (κ3) is 11.8. The SMILES string of the molecule is CC(C)C[C@H](O)[C@H](O)[C@H](CC1CCCCC1)N(Cc1csc(N)n1)C(=O)CCC(=O)NCC(=O)N(C)CCc1ccccn1. The van der Waals surface area contributed by atoms with Gasteiger partial charge in [0.25, 0.3) is 0 Å². The molecule has 0 unspecified atom stereocenters. The molecule has 12 heteroatoms. The number of hydrogen-bond acceptors (Lipinski definition) is 9. The summed E-state index contributed by atoms with van der Waals surface area (Å²) in [5.41, 5.74) is 7.35. The molecule has 0 spiro atoms. The van der Waals surface area contributed by atoms with Crippen LogP contribution in [0.4, 0.5) is 5.13 Å². The molecule has 0 bridgehead atoms. The predicted octanol–water partition coefficient (Wildman–Crippen LogP) is 3.15. The molecule has 1 aliphatic rings. The topological polar surface area (TPSA) is 162 Å². The predicted molar refractivity (Wildman–Crippen MR) is 171 cm³/mol. The molecule has 2 heterocycles. The van der Waals surface area contributed by atoms with E-state index in [0.717, 1.165) is 31.4 Å². The Labute approximate surface area is 265 Å². The number of carbonyl (C=O) groups excluding carboxylic acids is 3. The maximum Gasteiger partial charge on any atom is 0.241 e. The number of pyridine rings is 1. The number of nitrogens with one attached hydrogen (secondary N) is 1. The van der Waals surface area contributed by atoms with Crippen molar-refractivity contribution in [3.05, 3.63) is 41.2 Å². The van der Waals surface area contributed by atoms with Crippen molar-refractivity contribution in [2.24, 2.45) is 11.8 Å². The molecule has 3 atom stereocenters. The summed E-state index contributed by atoms with van der Waals surface area (Å²) in [5.74, 6) is -0.473. The molecule has 0 saturated heterocycles. The van der Waals surface area contributed by atoms with Gasteiger partial charge < -0.3 is 31.1 Å². The number of anilines is 1. The van der Waals surface area contributed by atoms with Crippen molar-refractivity contribution >= 4 is 34.2 Å². The van der Waals surface area contributed by atoms with Gasteiger partial charge in [0.2, 0.25) is 17.7 Å². The summed E-state index contributed by atoms with van der Waals surface area (Å²) in [4.78, 5) is 50.8. The molecule has 1 aliphatic carbocycles. The molecule has 44 heavy (non-hydrogen) atoms. The molecule has 2 aromatic heterocycles. The molecule has 244 valence electrons. The second-order valence-corrected chi connectivity index (χ2v) is 13.2. The number of aliphatic hydroxyl groups excluding tert-OH is 2. The van der Waals surface area contributed by atoms with Crippen LogP contribution < -0.4 is 11.1 Å². The Kier molecular flexibility index (Phi) is 14.5. The first-order chi connectivity index (χ1) is 21.0. The van der Waals surface area contributed by atoms with Gasteiger partial charge in [-0.2, -0.15) is 0 Å². The van der Waals surface area contributed by atoms with Crippen LogP contribution >= 0.6 is 11.3 Å². The number of carbonyl (C=O) groups is 3. The Hall–Kier alpha value is -3.09. The number of nitrogens with two attached hydrogens (primary N) is 1. The van der Waals surface area contributed by atoms with Crippen molar-refractivity contribution in [1.82, 2.24) is 25.1 Å². The first-order valence-electron chi connectivity index (χ1n) is 15.8. The van der Waals surface area contributed by atoms with Crippen LogP contribution in [0.5, 0.6) is 0 Å². The maximum atomic E-state index is 13.8. The Morgan fingerprint density at radius 3 is 2.48 bits per heavy atom. The van der Waals surface area contributed by atoms with Gasteiger partial charge in [-0.3, -0.25) is 19.4 Å². The Bertz CT molecular complexity index is 1170.